The summed E-state index contributed by atoms with van der Waals surface area (Å²) in [6.07, 6.45) is 2.19. The third-order valence-corrected chi connectivity index (χ3v) is 5.61. The zero-order valence-corrected chi connectivity index (χ0v) is 14.1. The summed E-state index contributed by atoms with van der Waals surface area (Å²) in [7, 11) is -3.77. The molecule has 0 atom stereocenters. The summed E-state index contributed by atoms with van der Waals surface area (Å²) in [5, 5.41) is 9.14. The van der Waals surface area contributed by atoms with E-state index >= 15 is 0 Å². The second-order valence-corrected chi connectivity index (χ2v) is 7.65. The van der Waals surface area contributed by atoms with E-state index in [0.717, 1.165) is 18.4 Å². The number of ether oxygens (including phenoxy) is 1. The van der Waals surface area contributed by atoms with Crippen LogP contribution in [-0.4, -0.2) is 38.2 Å². The van der Waals surface area contributed by atoms with Crippen LogP contribution in [0.3, 0.4) is 0 Å². The normalized spacial score (nSPS) is 17.8. The van der Waals surface area contributed by atoms with Gasteiger partial charge in [-0.15, -0.1) is 0 Å². The Balaban J connectivity index is 2.27. The fraction of sp³-hybridized carbons (Fsp3) is 0.562. The summed E-state index contributed by atoms with van der Waals surface area (Å²) >= 11 is 0. The fourth-order valence-corrected chi connectivity index (χ4v) is 4.40. The van der Waals surface area contributed by atoms with Crippen LogP contribution in [-0.2, 0) is 26.0 Å². The average Bonchev–Trinajstić information content (AvgIpc) is 2.47. The summed E-state index contributed by atoms with van der Waals surface area (Å²) in [6, 6.07) is 6.80. The number of aryl methyl sites for hydroxylation is 1. The van der Waals surface area contributed by atoms with Crippen molar-refractivity contribution in [3.8, 4) is 0 Å². The Morgan fingerprint density at radius 2 is 2.04 bits per heavy atom. The Kier molecular flexibility index (Phi) is 5.78. The molecular weight excluding hydrogens is 318 g/mol. The van der Waals surface area contributed by atoms with E-state index in [1.165, 1.54) is 6.07 Å². The first-order chi connectivity index (χ1) is 10.9. The zero-order chi connectivity index (χ0) is 16.9. The van der Waals surface area contributed by atoms with Crippen LogP contribution in [0.15, 0.2) is 29.2 Å². The molecule has 1 aromatic carbocycles. The predicted molar refractivity (Wildman–Crippen MR) is 85.8 cm³/mol. The molecule has 1 heterocycles. The number of nitrogens with one attached hydrogen (secondary N) is 1. The molecule has 1 fully saturated rings. The molecule has 128 valence electrons. The first-order valence-electron chi connectivity index (χ1n) is 7.79. The van der Waals surface area contributed by atoms with Gasteiger partial charge in [-0.1, -0.05) is 25.5 Å². The minimum absolute atomic E-state index is 0.180. The van der Waals surface area contributed by atoms with Gasteiger partial charge in [0.05, 0.1) is 11.3 Å². The first kappa shape index (κ1) is 17.9. The topological polar surface area (TPSA) is 92.7 Å². The number of carbonyl (C=O) groups is 1. The zero-order valence-electron chi connectivity index (χ0n) is 13.2. The molecule has 0 amide bonds. The van der Waals surface area contributed by atoms with Gasteiger partial charge in [-0.2, -0.15) is 0 Å². The van der Waals surface area contributed by atoms with Gasteiger partial charge in [0.1, 0.15) is 0 Å². The van der Waals surface area contributed by atoms with E-state index in [4.69, 9.17) is 9.84 Å². The number of carboxylic acids is 1. The maximum absolute atomic E-state index is 12.7. The Hall–Kier alpha value is -1.44. The molecule has 1 aromatic rings. The number of hydrogen-bond donors (Lipinski definition) is 2. The Bertz CT molecular complexity index is 650. The number of benzene rings is 1. The number of carboxylic acid groups (broad SMARTS) is 1. The maximum atomic E-state index is 12.7. The van der Waals surface area contributed by atoms with Crippen molar-refractivity contribution in [2.45, 2.75) is 49.5 Å². The van der Waals surface area contributed by atoms with Crippen LogP contribution in [0.25, 0.3) is 0 Å². The molecule has 1 saturated heterocycles. The Labute approximate surface area is 136 Å². The monoisotopic (exact) mass is 341 g/mol. The van der Waals surface area contributed by atoms with Gasteiger partial charge in [0.25, 0.3) is 0 Å². The minimum atomic E-state index is -3.77. The number of sulfonamides is 1. The quantitative estimate of drug-likeness (QED) is 0.791. The molecule has 2 N–H and O–H groups in total. The van der Waals surface area contributed by atoms with Crippen LogP contribution in [0, 0.1) is 0 Å². The first-order valence-corrected chi connectivity index (χ1v) is 9.28. The summed E-state index contributed by atoms with van der Waals surface area (Å²) in [5.74, 6) is -1.02. The third kappa shape index (κ3) is 4.76. The lowest BCUT2D eigenvalue weighted by Gasteiger charge is -2.36. The highest BCUT2D eigenvalue weighted by atomic mass is 32.2. The molecule has 2 rings (SSSR count). The molecular formula is C16H23NO5S. The second-order valence-electron chi connectivity index (χ2n) is 5.97. The van der Waals surface area contributed by atoms with Crippen molar-refractivity contribution in [1.82, 2.24) is 4.72 Å². The van der Waals surface area contributed by atoms with Crippen LogP contribution in [0.4, 0.5) is 0 Å². The van der Waals surface area contributed by atoms with E-state index in [9.17, 15) is 13.2 Å². The van der Waals surface area contributed by atoms with Gasteiger partial charge in [-0.25, -0.2) is 13.1 Å². The van der Waals surface area contributed by atoms with Crippen molar-refractivity contribution >= 4 is 16.0 Å². The van der Waals surface area contributed by atoms with E-state index in [2.05, 4.69) is 4.72 Å². The standard InChI is InChI=1S/C16H23NO5S/c1-2-4-13-5-3-6-14(11-13)23(20,21)17-16(12-15(18)19)7-9-22-10-8-16/h3,5-6,11,17H,2,4,7-10,12H2,1H3,(H,18,19). The molecule has 23 heavy (non-hydrogen) atoms. The molecule has 0 aliphatic carbocycles. The van der Waals surface area contributed by atoms with Crippen molar-refractivity contribution in [2.75, 3.05) is 13.2 Å². The molecule has 1 aliphatic heterocycles. The second kappa shape index (κ2) is 7.42. The van der Waals surface area contributed by atoms with Crippen LogP contribution in [0.1, 0.15) is 38.2 Å². The van der Waals surface area contributed by atoms with Crippen LogP contribution >= 0.6 is 0 Å². The number of aliphatic carboxylic acids is 1. The van der Waals surface area contributed by atoms with Gasteiger partial charge in [-0.05, 0) is 37.0 Å². The lowest BCUT2D eigenvalue weighted by Crippen LogP contribution is -2.53. The Morgan fingerprint density at radius 3 is 2.65 bits per heavy atom. The summed E-state index contributed by atoms with van der Waals surface area (Å²) in [6.45, 7) is 2.74. The molecule has 0 bridgehead atoms. The van der Waals surface area contributed by atoms with Gasteiger partial charge >= 0.3 is 5.97 Å². The van der Waals surface area contributed by atoms with Gasteiger partial charge < -0.3 is 9.84 Å². The van der Waals surface area contributed by atoms with E-state index in [-0.39, 0.29) is 11.3 Å². The van der Waals surface area contributed by atoms with Gasteiger partial charge in [0.2, 0.25) is 10.0 Å². The molecule has 1 aliphatic rings. The van der Waals surface area contributed by atoms with E-state index in [1.807, 2.05) is 13.0 Å². The van der Waals surface area contributed by atoms with Crippen molar-refractivity contribution in [3.63, 3.8) is 0 Å². The van der Waals surface area contributed by atoms with Crippen molar-refractivity contribution in [3.05, 3.63) is 29.8 Å². The third-order valence-electron chi connectivity index (χ3n) is 4.04. The maximum Gasteiger partial charge on any atom is 0.305 e. The molecule has 7 heteroatoms. The lowest BCUT2D eigenvalue weighted by molar-refractivity contribution is -0.139. The predicted octanol–water partition coefficient (Wildman–Crippen LogP) is 1.94. The van der Waals surface area contributed by atoms with Gasteiger partial charge in [0, 0.05) is 18.8 Å². The SMILES string of the molecule is CCCc1cccc(S(=O)(=O)NC2(CC(=O)O)CCOCC2)c1. The van der Waals surface area contributed by atoms with E-state index in [1.54, 1.807) is 12.1 Å². The largest absolute Gasteiger partial charge is 0.481 e. The van der Waals surface area contributed by atoms with Crippen molar-refractivity contribution in [2.24, 2.45) is 0 Å². The highest BCUT2D eigenvalue weighted by molar-refractivity contribution is 7.89. The highest BCUT2D eigenvalue weighted by Gasteiger charge is 2.39. The minimum Gasteiger partial charge on any atom is -0.481 e. The number of hydrogen-bond acceptors (Lipinski definition) is 4. The van der Waals surface area contributed by atoms with Crippen molar-refractivity contribution in [1.29, 1.82) is 0 Å². The van der Waals surface area contributed by atoms with E-state index < -0.39 is 21.5 Å². The smallest absolute Gasteiger partial charge is 0.305 e. The van der Waals surface area contributed by atoms with Gasteiger partial charge in [0.15, 0.2) is 0 Å². The van der Waals surface area contributed by atoms with Crippen LogP contribution in [0.2, 0.25) is 0 Å². The number of rotatable bonds is 7. The molecule has 0 spiro atoms. The van der Waals surface area contributed by atoms with E-state index in [0.29, 0.717) is 26.1 Å². The molecule has 0 unspecified atom stereocenters. The van der Waals surface area contributed by atoms with Gasteiger partial charge in [-0.3, -0.25) is 4.79 Å². The fourth-order valence-electron chi connectivity index (χ4n) is 2.87. The van der Waals surface area contributed by atoms with Crippen LogP contribution in [0.5, 0.6) is 0 Å². The lowest BCUT2D eigenvalue weighted by atomic mass is 9.88. The highest BCUT2D eigenvalue weighted by Crippen LogP contribution is 2.27. The summed E-state index contributed by atoms with van der Waals surface area (Å²) in [4.78, 5) is 11.3. The molecule has 0 saturated carbocycles. The molecule has 0 aromatic heterocycles. The molecule has 0 radical (unpaired) electrons. The summed E-state index contributed by atoms with van der Waals surface area (Å²) < 4.78 is 33.3. The summed E-state index contributed by atoms with van der Waals surface area (Å²) in [5.41, 5.74) is -0.0291. The molecule has 6 nitrogen and oxygen atoms in total. The van der Waals surface area contributed by atoms with Crippen molar-refractivity contribution < 1.29 is 23.1 Å². The Morgan fingerprint density at radius 1 is 1.35 bits per heavy atom. The average molecular weight is 341 g/mol. The van der Waals surface area contributed by atoms with Crippen LogP contribution < -0.4 is 4.72 Å².